The van der Waals surface area contributed by atoms with Crippen LogP contribution >= 0.6 is 0 Å². The molecule has 0 aromatic heterocycles. The van der Waals surface area contributed by atoms with Crippen LogP contribution in [0.5, 0.6) is 0 Å². The van der Waals surface area contributed by atoms with Crippen molar-refractivity contribution in [3.63, 3.8) is 0 Å². The predicted molar refractivity (Wildman–Crippen MR) is 132 cm³/mol. The third-order valence-electron chi connectivity index (χ3n) is 8.05. The number of amides is 2. The highest BCUT2D eigenvalue weighted by atomic mass is 16.2. The van der Waals surface area contributed by atoms with Gasteiger partial charge in [0.1, 0.15) is 5.54 Å². The minimum Gasteiger partial charge on any atom is -0.349 e. The molecular weight excluding hydrogens is 412 g/mol. The van der Waals surface area contributed by atoms with E-state index in [0.717, 1.165) is 44.9 Å². The van der Waals surface area contributed by atoms with Crippen molar-refractivity contribution in [2.75, 3.05) is 6.54 Å². The third kappa shape index (κ3) is 5.27. The van der Waals surface area contributed by atoms with Gasteiger partial charge in [-0.1, -0.05) is 78.5 Å². The molecule has 5 heteroatoms. The molecule has 2 aliphatic carbocycles. The van der Waals surface area contributed by atoms with Crippen LogP contribution < -0.4 is 5.32 Å². The lowest BCUT2D eigenvalue weighted by molar-refractivity contribution is -0.135. The first-order chi connectivity index (χ1) is 15.7. The summed E-state index contributed by atoms with van der Waals surface area (Å²) in [6, 6.07) is -0.0248. The van der Waals surface area contributed by atoms with Crippen LogP contribution in [0.25, 0.3) is 0 Å². The first-order valence-corrected chi connectivity index (χ1v) is 13.3. The number of allylic oxidation sites excluding steroid dienone is 2. The van der Waals surface area contributed by atoms with Gasteiger partial charge in [0.25, 0.3) is 0 Å². The Morgan fingerprint density at radius 1 is 1.15 bits per heavy atom. The van der Waals surface area contributed by atoms with Crippen molar-refractivity contribution in [1.82, 2.24) is 10.2 Å². The van der Waals surface area contributed by atoms with E-state index in [2.05, 4.69) is 58.2 Å². The van der Waals surface area contributed by atoms with Crippen LogP contribution in [0, 0.1) is 23.7 Å². The summed E-state index contributed by atoms with van der Waals surface area (Å²) in [5, 5.41) is 3.26. The molecule has 1 saturated carbocycles. The number of rotatable bonds is 9. The molecule has 5 nitrogen and oxygen atoms in total. The van der Waals surface area contributed by atoms with Gasteiger partial charge in [0, 0.05) is 18.9 Å². The number of nitrogens with zero attached hydrogens (tertiary/aromatic N) is 1. The summed E-state index contributed by atoms with van der Waals surface area (Å²) in [6.45, 7) is 11.5. The molecule has 1 saturated heterocycles. The van der Waals surface area contributed by atoms with Crippen LogP contribution in [0.4, 0.5) is 0 Å². The van der Waals surface area contributed by atoms with Gasteiger partial charge in [0.15, 0.2) is 5.78 Å². The minimum absolute atomic E-state index is 0.0248. The maximum absolute atomic E-state index is 13.5. The number of carbonyl (C=O) groups excluding carboxylic acids is 3. The standard InChI is InChI=1S/C28H44N2O3/c1-6-7-18-30-27(33)23(26(32)28(30)16-9-8-10-17-28)14-15-24(31)29-25-21(19(2)3)12-11-13-22(25)20(4)5/h11-13,19-21,23,25H,6-10,14-18H2,1-5H3,(H,29,31). The molecule has 2 amide bonds. The van der Waals surface area contributed by atoms with Crippen molar-refractivity contribution >= 4 is 17.6 Å². The number of hydrogen-bond acceptors (Lipinski definition) is 3. The first kappa shape index (κ1) is 25.7. The van der Waals surface area contributed by atoms with Crippen molar-refractivity contribution in [2.24, 2.45) is 23.7 Å². The number of Topliss-reactive ketones (excluding diaryl/α,β-unsaturated/α-hetero) is 1. The van der Waals surface area contributed by atoms with E-state index in [9.17, 15) is 14.4 Å². The van der Waals surface area contributed by atoms with Gasteiger partial charge in [0.2, 0.25) is 11.8 Å². The highest BCUT2D eigenvalue weighted by Gasteiger charge is 2.57. The molecule has 3 unspecified atom stereocenters. The Labute approximate surface area is 200 Å². The summed E-state index contributed by atoms with van der Waals surface area (Å²) in [6.07, 6.45) is 13.6. The zero-order valence-electron chi connectivity index (χ0n) is 21.4. The lowest BCUT2D eigenvalue weighted by Gasteiger charge is -2.40. The van der Waals surface area contributed by atoms with Gasteiger partial charge >= 0.3 is 0 Å². The summed E-state index contributed by atoms with van der Waals surface area (Å²) in [5.74, 6) is 0.339. The van der Waals surface area contributed by atoms with E-state index in [1.807, 2.05) is 4.90 Å². The van der Waals surface area contributed by atoms with Gasteiger partial charge in [0.05, 0.1) is 12.0 Å². The molecule has 1 aliphatic heterocycles. The van der Waals surface area contributed by atoms with E-state index in [4.69, 9.17) is 0 Å². The zero-order valence-corrected chi connectivity index (χ0v) is 21.4. The van der Waals surface area contributed by atoms with Gasteiger partial charge in [-0.2, -0.15) is 0 Å². The molecule has 0 aromatic rings. The Morgan fingerprint density at radius 3 is 2.45 bits per heavy atom. The molecule has 3 rings (SSSR count). The molecule has 2 fully saturated rings. The molecule has 1 N–H and O–H groups in total. The van der Waals surface area contributed by atoms with Crippen LogP contribution in [0.1, 0.15) is 92.4 Å². The molecular formula is C28H44N2O3. The third-order valence-corrected chi connectivity index (χ3v) is 8.05. The quantitative estimate of drug-likeness (QED) is 0.485. The maximum atomic E-state index is 13.5. The van der Waals surface area contributed by atoms with Gasteiger partial charge in [-0.3, -0.25) is 14.4 Å². The number of carbonyl (C=O) groups is 3. The number of nitrogens with one attached hydrogen (secondary N) is 1. The molecule has 1 heterocycles. The minimum atomic E-state index is -0.655. The van der Waals surface area contributed by atoms with E-state index < -0.39 is 11.5 Å². The summed E-state index contributed by atoms with van der Waals surface area (Å²) in [4.78, 5) is 41.8. The van der Waals surface area contributed by atoms with Crippen LogP contribution in [0.2, 0.25) is 0 Å². The molecule has 0 radical (unpaired) electrons. The van der Waals surface area contributed by atoms with Crippen LogP contribution in [0.3, 0.4) is 0 Å². The topological polar surface area (TPSA) is 66.5 Å². The fourth-order valence-electron chi connectivity index (χ4n) is 6.11. The van der Waals surface area contributed by atoms with Crippen LogP contribution in [0.15, 0.2) is 23.8 Å². The average molecular weight is 457 g/mol. The van der Waals surface area contributed by atoms with Gasteiger partial charge < -0.3 is 10.2 Å². The van der Waals surface area contributed by atoms with Crippen molar-refractivity contribution in [1.29, 1.82) is 0 Å². The lowest BCUT2D eigenvalue weighted by atomic mass is 9.76. The Morgan fingerprint density at radius 2 is 1.85 bits per heavy atom. The lowest BCUT2D eigenvalue weighted by Crippen LogP contribution is -2.51. The fraction of sp³-hybridized carbons (Fsp3) is 0.750. The van der Waals surface area contributed by atoms with Gasteiger partial charge in [-0.05, 0) is 43.1 Å². The summed E-state index contributed by atoms with van der Waals surface area (Å²) < 4.78 is 0. The maximum Gasteiger partial charge on any atom is 0.234 e. The molecule has 0 bridgehead atoms. The largest absolute Gasteiger partial charge is 0.349 e. The highest BCUT2D eigenvalue weighted by molar-refractivity contribution is 6.13. The Hall–Kier alpha value is -1.91. The summed E-state index contributed by atoms with van der Waals surface area (Å²) in [5.41, 5.74) is 0.639. The van der Waals surface area contributed by atoms with Crippen molar-refractivity contribution in [3.05, 3.63) is 23.8 Å². The van der Waals surface area contributed by atoms with Crippen LogP contribution in [-0.2, 0) is 14.4 Å². The second kappa shape index (κ2) is 11.0. The molecule has 1 spiro atoms. The van der Waals surface area contributed by atoms with Crippen molar-refractivity contribution in [3.8, 4) is 0 Å². The zero-order chi connectivity index (χ0) is 24.2. The van der Waals surface area contributed by atoms with Gasteiger partial charge in [-0.15, -0.1) is 0 Å². The summed E-state index contributed by atoms with van der Waals surface area (Å²) in [7, 11) is 0. The Balaban J connectivity index is 1.68. The van der Waals surface area contributed by atoms with E-state index >= 15 is 0 Å². The predicted octanol–water partition coefficient (Wildman–Crippen LogP) is 5.21. The number of unbranched alkanes of at least 4 members (excludes halogenated alkanes) is 1. The van der Waals surface area contributed by atoms with E-state index in [-0.39, 0.29) is 36.0 Å². The van der Waals surface area contributed by atoms with E-state index in [1.54, 1.807) is 0 Å². The smallest absolute Gasteiger partial charge is 0.234 e. The normalized spacial score (nSPS) is 27.1. The molecule has 3 atom stereocenters. The fourth-order valence-corrected chi connectivity index (χ4v) is 6.11. The van der Waals surface area contributed by atoms with Crippen LogP contribution in [-0.4, -0.2) is 40.6 Å². The average Bonchev–Trinajstić information content (AvgIpc) is 2.96. The molecule has 184 valence electrons. The second-order valence-corrected chi connectivity index (χ2v) is 11.0. The second-order valence-electron chi connectivity index (χ2n) is 11.0. The summed E-state index contributed by atoms with van der Waals surface area (Å²) >= 11 is 0. The number of ketones is 1. The molecule has 3 aliphatic rings. The number of hydrogen-bond donors (Lipinski definition) is 1. The van der Waals surface area contributed by atoms with Gasteiger partial charge in [-0.25, -0.2) is 0 Å². The SMILES string of the molecule is CCCCN1C(=O)C(CCC(=O)NC2C(C(C)C)=CC=CC2C(C)C)C(=O)C12CCCCC2. The van der Waals surface area contributed by atoms with E-state index in [1.165, 1.54) is 5.57 Å². The Kier molecular flexibility index (Phi) is 8.58. The molecule has 0 aromatic carbocycles. The first-order valence-electron chi connectivity index (χ1n) is 13.3. The van der Waals surface area contributed by atoms with E-state index in [0.29, 0.717) is 24.8 Å². The molecule has 33 heavy (non-hydrogen) atoms. The monoisotopic (exact) mass is 456 g/mol. The van der Waals surface area contributed by atoms with Crippen molar-refractivity contribution < 1.29 is 14.4 Å². The Bertz CT molecular complexity index is 789. The number of likely N-dealkylation sites (tertiary alicyclic amines) is 1. The van der Waals surface area contributed by atoms with Crippen molar-refractivity contribution in [2.45, 2.75) is 104 Å². The highest BCUT2D eigenvalue weighted by Crippen LogP contribution is 2.43.